The van der Waals surface area contributed by atoms with Gasteiger partial charge in [-0.2, -0.15) is 0 Å². The first-order valence-corrected chi connectivity index (χ1v) is 10.1. The van der Waals surface area contributed by atoms with E-state index in [0.717, 1.165) is 39.6 Å². The summed E-state index contributed by atoms with van der Waals surface area (Å²) in [5.74, 6) is -0.123. The van der Waals surface area contributed by atoms with Crippen molar-refractivity contribution in [3.8, 4) is 0 Å². The molecule has 0 spiro atoms. The Bertz CT molecular complexity index is 1020. The number of benzene rings is 3. The molecule has 4 nitrogen and oxygen atoms in total. The zero-order valence-electron chi connectivity index (χ0n) is 15.3. The van der Waals surface area contributed by atoms with E-state index in [2.05, 4.69) is 10.6 Å². The predicted octanol–water partition coefficient (Wildman–Crippen LogP) is 5.36. The van der Waals surface area contributed by atoms with Crippen molar-refractivity contribution < 1.29 is 9.59 Å². The van der Waals surface area contributed by atoms with Gasteiger partial charge in [-0.25, -0.2) is 0 Å². The molecule has 0 saturated heterocycles. The third-order valence-corrected chi connectivity index (χ3v) is 5.68. The van der Waals surface area contributed by atoms with Crippen molar-refractivity contribution in [2.24, 2.45) is 0 Å². The second-order valence-electron chi connectivity index (χ2n) is 6.64. The van der Waals surface area contributed by atoms with Gasteiger partial charge in [0.05, 0.1) is 5.69 Å². The Morgan fingerprint density at radius 2 is 1.71 bits per heavy atom. The minimum atomic E-state index is -0.153. The van der Waals surface area contributed by atoms with Gasteiger partial charge < -0.3 is 10.6 Å². The van der Waals surface area contributed by atoms with Gasteiger partial charge in [-0.05, 0) is 60.9 Å². The highest BCUT2D eigenvalue weighted by Crippen LogP contribution is 2.33. The van der Waals surface area contributed by atoms with E-state index in [0.29, 0.717) is 12.0 Å². The Kier molecular flexibility index (Phi) is 5.44. The smallest absolute Gasteiger partial charge is 0.255 e. The van der Waals surface area contributed by atoms with E-state index >= 15 is 0 Å². The van der Waals surface area contributed by atoms with Crippen molar-refractivity contribution in [3.05, 3.63) is 83.9 Å². The fourth-order valence-electron chi connectivity index (χ4n) is 3.18. The van der Waals surface area contributed by atoms with Gasteiger partial charge in [0.15, 0.2) is 0 Å². The van der Waals surface area contributed by atoms with E-state index in [1.165, 1.54) is 0 Å². The van der Waals surface area contributed by atoms with Gasteiger partial charge in [0.1, 0.15) is 0 Å². The van der Waals surface area contributed by atoms with Gasteiger partial charge in [-0.3, -0.25) is 9.59 Å². The molecule has 4 rings (SSSR count). The first kappa shape index (κ1) is 18.3. The second-order valence-corrected chi connectivity index (χ2v) is 7.75. The molecule has 0 unspecified atom stereocenters. The van der Waals surface area contributed by atoms with Crippen LogP contribution in [0.5, 0.6) is 0 Å². The maximum atomic E-state index is 12.8. The van der Waals surface area contributed by atoms with E-state index in [-0.39, 0.29) is 11.8 Å². The van der Waals surface area contributed by atoms with E-state index in [1.807, 2.05) is 66.7 Å². The number of hydrogen-bond donors (Lipinski definition) is 2. The summed E-state index contributed by atoms with van der Waals surface area (Å²) >= 11 is 1.62. The second kappa shape index (κ2) is 8.31. The lowest BCUT2D eigenvalue weighted by atomic mass is 10.0. The highest BCUT2D eigenvalue weighted by Gasteiger charge is 2.16. The number of anilines is 2. The van der Waals surface area contributed by atoms with Crippen LogP contribution in [0.2, 0.25) is 0 Å². The number of aryl methyl sites for hydroxylation is 1. The SMILES string of the molecule is O=C1CCCc2cc(C(=O)Nc3ccccc3Sc3ccccc3)ccc2N1. The quantitative estimate of drug-likeness (QED) is 0.632. The van der Waals surface area contributed by atoms with Crippen molar-refractivity contribution in [2.75, 3.05) is 10.6 Å². The van der Waals surface area contributed by atoms with Crippen molar-refractivity contribution in [1.82, 2.24) is 0 Å². The number of nitrogens with one attached hydrogen (secondary N) is 2. The Morgan fingerprint density at radius 1 is 0.929 bits per heavy atom. The number of amides is 2. The van der Waals surface area contributed by atoms with Crippen LogP contribution in [0.25, 0.3) is 0 Å². The number of fused-ring (bicyclic) bond motifs is 1. The van der Waals surface area contributed by atoms with Crippen molar-refractivity contribution >= 4 is 35.0 Å². The Balaban J connectivity index is 1.54. The van der Waals surface area contributed by atoms with Crippen LogP contribution in [0.15, 0.2) is 82.6 Å². The summed E-state index contributed by atoms with van der Waals surface area (Å²) in [6, 6.07) is 23.3. The van der Waals surface area contributed by atoms with Crippen molar-refractivity contribution in [1.29, 1.82) is 0 Å². The van der Waals surface area contributed by atoms with E-state index in [9.17, 15) is 9.59 Å². The van der Waals surface area contributed by atoms with Gasteiger partial charge in [-0.15, -0.1) is 0 Å². The molecule has 0 saturated carbocycles. The third kappa shape index (κ3) is 4.26. The number of carbonyl (C=O) groups excluding carboxylic acids is 2. The lowest BCUT2D eigenvalue weighted by Gasteiger charge is -2.12. The van der Waals surface area contributed by atoms with Crippen LogP contribution in [0.3, 0.4) is 0 Å². The monoisotopic (exact) mass is 388 g/mol. The molecule has 0 fully saturated rings. The molecule has 0 radical (unpaired) electrons. The zero-order chi connectivity index (χ0) is 19.3. The molecule has 1 heterocycles. The van der Waals surface area contributed by atoms with Gasteiger partial charge >= 0.3 is 0 Å². The summed E-state index contributed by atoms with van der Waals surface area (Å²) in [5.41, 5.74) is 3.18. The van der Waals surface area contributed by atoms with Gasteiger partial charge in [0, 0.05) is 27.5 Å². The molecule has 28 heavy (non-hydrogen) atoms. The summed E-state index contributed by atoms with van der Waals surface area (Å²) < 4.78 is 0. The van der Waals surface area contributed by atoms with Crippen LogP contribution in [0.1, 0.15) is 28.8 Å². The molecule has 0 aromatic heterocycles. The predicted molar refractivity (Wildman–Crippen MR) is 113 cm³/mol. The molecule has 3 aromatic rings. The Hall–Kier alpha value is -3.05. The molecule has 0 aliphatic carbocycles. The van der Waals surface area contributed by atoms with Gasteiger partial charge in [0.2, 0.25) is 5.91 Å². The molecule has 3 aromatic carbocycles. The third-order valence-electron chi connectivity index (χ3n) is 4.60. The zero-order valence-corrected chi connectivity index (χ0v) is 16.1. The standard InChI is InChI=1S/C23H20N2O2S/c26-22-12-6-7-16-15-17(13-14-19(16)24-22)23(27)25-20-10-4-5-11-21(20)28-18-8-2-1-3-9-18/h1-5,8-11,13-15H,6-7,12H2,(H,24,26)(H,25,27). The van der Waals surface area contributed by atoms with Crippen LogP contribution in [0, 0.1) is 0 Å². The van der Waals surface area contributed by atoms with Crippen molar-refractivity contribution in [2.45, 2.75) is 29.1 Å². The van der Waals surface area contributed by atoms with Crippen LogP contribution in [-0.2, 0) is 11.2 Å². The summed E-state index contributed by atoms with van der Waals surface area (Å²) in [4.78, 5) is 26.7. The van der Waals surface area contributed by atoms with E-state index in [4.69, 9.17) is 0 Å². The molecular formula is C23H20N2O2S. The van der Waals surface area contributed by atoms with Gasteiger partial charge in [-0.1, -0.05) is 42.1 Å². The van der Waals surface area contributed by atoms with Gasteiger partial charge in [0.25, 0.3) is 5.91 Å². The highest BCUT2D eigenvalue weighted by atomic mass is 32.2. The summed E-state index contributed by atoms with van der Waals surface area (Å²) in [6.07, 6.45) is 2.09. The van der Waals surface area contributed by atoms with Crippen LogP contribution >= 0.6 is 11.8 Å². The number of hydrogen-bond acceptors (Lipinski definition) is 3. The molecule has 1 aliphatic rings. The van der Waals surface area contributed by atoms with Crippen LogP contribution < -0.4 is 10.6 Å². The van der Waals surface area contributed by atoms with Crippen LogP contribution in [-0.4, -0.2) is 11.8 Å². The maximum Gasteiger partial charge on any atom is 0.255 e. The maximum absolute atomic E-state index is 12.8. The van der Waals surface area contributed by atoms with E-state index in [1.54, 1.807) is 17.8 Å². The minimum Gasteiger partial charge on any atom is -0.326 e. The molecule has 0 atom stereocenters. The Labute approximate surface area is 168 Å². The molecule has 0 bridgehead atoms. The Morgan fingerprint density at radius 3 is 2.57 bits per heavy atom. The molecule has 2 amide bonds. The normalized spacial score (nSPS) is 13.2. The fourth-order valence-corrected chi connectivity index (χ4v) is 4.11. The van der Waals surface area contributed by atoms with E-state index < -0.39 is 0 Å². The highest BCUT2D eigenvalue weighted by molar-refractivity contribution is 7.99. The molecule has 1 aliphatic heterocycles. The molecular weight excluding hydrogens is 368 g/mol. The fraction of sp³-hybridized carbons (Fsp3) is 0.130. The number of para-hydroxylation sites is 1. The lowest BCUT2D eigenvalue weighted by Crippen LogP contribution is -2.14. The lowest BCUT2D eigenvalue weighted by molar-refractivity contribution is -0.116. The molecule has 5 heteroatoms. The van der Waals surface area contributed by atoms with Crippen molar-refractivity contribution in [3.63, 3.8) is 0 Å². The number of rotatable bonds is 4. The first-order valence-electron chi connectivity index (χ1n) is 9.25. The summed E-state index contributed by atoms with van der Waals surface area (Å²) in [6.45, 7) is 0. The summed E-state index contributed by atoms with van der Waals surface area (Å²) in [7, 11) is 0. The molecule has 140 valence electrons. The average molecular weight is 388 g/mol. The average Bonchev–Trinajstić information content (AvgIpc) is 2.90. The number of carbonyl (C=O) groups is 2. The largest absolute Gasteiger partial charge is 0.326 e. The minimum absolute atomic E-state index is 0.0304. The first-order chi connectivity index (χ1) is 13.7. The molecule has 2 N–H and O–H groups in total. The summed E-state index contributed by atoms with van der Waals surface area (Å²) in [5, 5.41) is 5.93. The topological polar surface area (TPSA) is 58.2 Å². The van der Waals surface area contributed by atoms with Crippen LogP contribution in [0.4, 0.5) is 11.4 Å².